The molecule has 1 aliphatic rings. The van der Waals surface area contributed by atoms with E-state index in [2.05, 4.69) is 34.0 Å². The van der Waals surface area contributed by atoms with E-state index in [1.807, 2.05) is 23.9 Å². The third-order valence-corrected chi connectivity index (χ3v) is 7.01. The van der Waals surface area contributed by atoms with Crippen molar-refractivity contribution in [2.45, 2.75) is 36.5 Å². The van der Waals surface area contributed by atoms with Crippen molar-refractivity contribution in [1.29, 1.82) is 0 Å². The maximum absolute atomic E-state index is 12.3. The second-order valence-corrected chi connectivity index (χ2v) is 9.33. The van der Waals surface area contributed by atoms with Gasteiger partial charge in [-0.25, -0.2) is 18.1 Å². The van der Waals surface area contributed by atoms with Crippen LogP contribution in [0.3, 0.4) is 0 Å². The lowest BCUT2D eigenvalue weighted by atomic mass is 9.79. The normalized spacial score (nSPS) is 16.7. The lowest BCUT2D eigenvalue weighted by Crippen LogP contribution is -2.19. The molecule has 0 spiro atoms. The zero-order chi connectivity index (χ0) is 19.7. The number of aryl methyl sites for hydroxylation is 2. The highest BCUT2D eigenvalue weighted by atomic mass is 32.2. The molecule has 0 saturated carbocycles. The molecule has 1 atom stereocenters. The summed E-state index contributed by atoms with van der Waals surface area (Å²) < 4.78 is 28.9. The van der Waals surface area contributed by atoms with E-state index in [0.29, 0.717) is 5.92 Å². The van der Waals surface area contributed by atoms with Crippen molar-refractivity contribution in [3.63, 3.8) is 0 Å². The van der Waals surface area contributed by atoms with E-state index in [0.717, 1.165) is 36.1 Å². The maximum atomic E-state index is 12.3. The summed E-state index contributed by atoms with van der Waals surface area (Å²) in [6.45, 7) is 0. The van der Waals surface area contributed by atoms with Crippen molar-refractivity contribution in [1.82, 2.24) is 14.3 Å². The van der Waals surface area contributed by atoms with Crippen molar-refractivity contribution >= 4 is 10.0 Å². The second-order valence-electron chi connectivity index (χ2n) is 7.44. The van der Waals surface area contributed by atoms with Gasteiger partial charge in [0.15, 0.2) is 0 Å². The number of sulfonamides is 1. The highest BCUT2D eigenvalue weighted by Crippen LogP contribution is 2.36. The first-order chi connectivity index (χ1) is 13.5. The van der Waals surface area contributed by atoms with Crippen LogP contribution in [0.25, 0.3) is 11.3 Å². The molecule has 4 rings (SSSR count). The molecular weight excluding hydrogens is 370 g/mol. The van der Waals surface area contributed by atoms with Crippen LogP contribution in [0.15, 0.2) is 59.9 Å². The lowest BCUT2D eigenvalue weighted by molar-refractivity contribution is 0.551. The topological polar surface area (TPSA) is 64.0 Å². The Bertz CT molecular complexity index is 1100. The molecule has 28 heavy (non-hydrogen) atoms. The maximum Gasteiger partial charge on any atom is 0.240 e. The summed E-state index contributed by atoms with van der Waals surface area (Å²) >= 11 is 0. The molecule has 0 bridgehead atoms. The molecule has 0 saturated heterocycles. The third kappa shape index (κ3) is 3.62. The first-order valence-corrected chi connectivity index (χ1v) is 11.1. The van der Waals surface area contributed by atoms with Crippen molar-refractivity contribution in [3.05, 3.63) is 71.7 Å². The third-order valence-electron chi connectivity index (χ3n) is 5.60. The monoisotopic (exact) mass is 395 g/mol. The predicted molar refractivity (Wildman–Crippen MR) is 111 cm³/mol. The summed E-state index contributed by atoms with van der Waals surface area (Å²) in [5, 5.41) is 0. The smallest absolute Gasteiger partial charge is 0.240 e. The number of imidazole rings is 1. The number of nitrogens with one attached hydrogen (secondary N) is 1. The van der Waals surface area contributed by atoms with Crippen molar-refractivity contribution in [3.8, 4) is 11.3 Å². The second kappa shape index (κ2) is 7.53. The molecule has 6 heteroatoms. The van der Waals surface area contributed by atoms with Crippen LogP contribution in [0.4, 0.5) is 0 Å². The fraction of sp³-hybridized carbons (Fsp3) is 0.318. The molecule has 0 radical (unpaired) electrons. The molecule has 146 valence electrons. The molecule has 3 aromatic rings. The molecule has 2 aromatic carbocycles. The number of aromatic nitrogens is 2. The Balaban J connectivity index is 1.77. The predicted octanol–water partition coefficient (Wildman–Crippen LogP) is 3.66. The van der Waals surface area contributed by atoms with E-state index in [-0.39, 0.29) is 4.90 Å². The van der Waals surface area contributed by atoms with Crippen LogP contribution < -0.4 is 4.72 Å². The van der Waals surface area contributed by atoms with Gasteiger partial charge in [0.05, 0.1) is 16.9 Å². The molecule has 0 unspecified atom stereocenters. The number of nitrogens with zero attached hydrogens (tertiary/aromatic N) is 2. The average Bonchev–Trinajstić information content (AvgIpc) is 3.14. The van der Waals surface area contributed by atoms with Gasteiger partial charge in [0, 0.05) is 18.8 Å². The van der Waals surface area contributed by atoms with Gasteiger partial charge in [0.1, 0.15) is 0 Å². The van der Waals surface area contributed by atoms with Crippen LogP contribution in [0, 0.1) is 0 Å². The summed E-state index contributed by atoms with van der Waals surface area (Å²) in [5.41, 5.74) is 5.69. The Hall–Kier alpha value is -2.44. The largest absolute Gasteiger partial charge is 0.340 e. The van der Waals surface area contributed by atoms with Crippen LogP contribution in [-0.2, 0) is 29.9 Å². The van der Waals surface area contributed by atoms with Crippen LogP contribution in [0.2, 0.25) is 0 Å². The molecule has 0 aliphatic heterocycles. The van der Waals surface area contributed by atoms with Gasteiger partial charge in [0.25, 0.3) is 0 Å². The number of fused-ring (bicyclic) bond motifs is 1. The summed E-state index contributed by atoms with van der Waals surface area (Å²) in [6.07, 6.45) is 8.03. The number of hydrogen-bond acceptors (Lipinski definition) is 3. The summed E-state index contributed by atoms with van der Waals surface area (Å²) in [7, 11) is -0.153. The standard InChI is InChI=1S/C22H25N3O2S/c1-23-28(26,27)19-11-10-18(21(13-19)22-14-25(2)15-24-22)12-17-8-5-7-16-6-3-4-9-20(16)17/h3-4,6,9-11,13-15,17,23H,5,7-8,12H2,1-2H3/t17-/m1/s1. The van der Waals surface area contributed by atoms with E-state index >= 15 is 0 Å². The first kappa shape index (κ1) is 18.9. The van der Waals surface area contributed by atoms with Gasteiger partial charge in [-0.2, -0.15) is 0 Å². The number of benzene rings is 2. The van der Waals surface area contributed by atoms with Gasteiger partial charge in [-0.15, -0.1) is 0 Å². The van der Waals surface area contributed by atoms with E-state index < -0.39 is 10.0 Å². The summed E-state index contributed by atoms with van der Waals surface area (Å²) in [6, 6.07) is 14.1. The first-order valence-electron chi connectivity index (χ1n) is 9.60. The average molecular weight is 396 g/mol. The van der Waals surface area contributed by atoms with Crippen molar-refractivity contribution in [2.75, 3.05) is 7.05 Å². The zero-order valence-electron chi connectivity index (χ0n) is 16.2. The van der Waals surface area contributed by atoms with Crippen molar-refractivity contribution in [2.24, 2.45) is 7.05 Å². The molecule has 0 amide bonds. The molecule has 1 aromatic heterocycles. The number of rotatable bonds is 5. The minimum atomic E-state index is -3.50. The molecule has 1 aliphatic carbocycles. The van der Waals surface area contributed by atoms with Crippen LogP contribution in [0.5, 0.6) is 0 Å². The summed E-state index contributed by atoms with van der Waals surface area (Å²) in [4.78, 5) is 4.75. The fourth-order valence-corrected chi connectivity index (χ4v) is 4.90. The van der Waals surface area contributed by atoms with Crippen LogP contribution in [0.1, 0.15) is 35.4 Å². The van der Waals surface area contributed by atoms with Crippen LogP contribution >= 0.6 is 0 Å². The minimum absolute atomic E-state index is 0.267. The minimum Gasteiger partial charge on any atom is -0.340 e. The number of hydrogen-bond donors (Lipinski definition) is 1. The van der Waals surface area contributed by atoms with Gasteiger partial charge < -0.3 is 4.57 Å². The lowest BCUT2D eigenvalue weighted by Gasteiger charge is -2.26. The zero-order valence-corrected chi connectivity index (χ0v) is 17.0. The molecule has 1 N–H and O–H groups in total. The quantitative estimate of drug-likeness (QED) is 0.717. The molecular formula is C22H25N3O2S. The van der Waals surface area contributed by atoms with E-state index in [1.54, 1.807) is 18.5 Å². The van der Waals surface area contributed by atoms with Gasteiger partial charge in [-0.1, -0.05) is 30.3 Å². The highest BCUT2D eigenvalue weighted by Gasteiger charge is 2.23. The Morgan fingerprint density at radius 1 is 1.21 bits per heavy atom. The fourth-order valence-electron chi connectivity index (χ4n) is 4.14. The van der Waals surface area contributed by atoms with Crippen LogP contribution in [-0.4, -0.2) is 25.0 Å². The Kier molecular flexibility index (Phi) is 5.08. The van der Waals surface area contributed by atoms with Gasteiger partial charge in [-0.05, 0) is 67.5 Å². The Labute approximate surface area is 166 Å². The SMILES string of the molecule is CNS(=O)(=O)c1ccc(C[C@H]2CCCc3ccccc32)c(-c2cn(C)cn2)c1. The summed E-state index contributed by atoms with van der Waals surface area (Å²) in [5.74, 6) is 0.444. The Morgan fingerprint density at radius 3 is 2.79 bits per heavy atom. The molecule has 1 heterocycles. The van der Waals surface area contributed by atoms with Crippen molar-refractivity contribution < 1.29 is 8.42 Å². The van der Waals surface area contributed by atoms with Gasteiger partial charge in [-0.3, -0.25) is 0 Å². The highest BCUT2D eigenvalue weighted by molar-refractivity contribution is 7.89. The molecule has 5 nitrogen and oxygen atoms in total. The van der Waals surface area contributed by atoms with Gasteiger partial charge in [0.2, 0.25) is 10.0 Å². The van der Waals surface area contributed by atoms with E-state index in [9.17, 15) is 8.42 Å². The van der Waals surface area contributed by atoms with Gasteiger partial charge >= 0.3 is 0 Å². The van der Waals surface area contributed by atoms with E-state index in [4.69, 9.17) is 0 Å². The van der Waals surface area contributed by atoms with E-state index in [1.165, 1.54) is 24.6 Å². The molecule has 0 fully saturated rings. The Morgan fingerprint density at radius 2 is 2.04 bits per heavy atom.